The molecule has 1 saturated heterocycles. The Balaban J connectivity index is 2.54. The first kappa shape index (κ1) is 11.0. The van der Waals surface area contributed by atoms with Crippen LogP contribution in [0.1, 0.15) is 33.6 Å². The summed E-state index contributed by atoms with van der Waals surface area (Å²) < 4.78 is 5.33. The van der Waals surface area contributed by atoms with Crippen molar-refractivity contribution < 1.29 is 9.84 Å². The molecule has 13 heavy (non-hydrogen) atoms. The van der Waals surface area contributed by atoms with Gasteiger partial charge in [0, 0.05) is 19.8 Å². The summed E-state index contributed by atoms with van der Waals surface area (Å²) in [6.45, 7) is 8.69. The molecule has 1 aliphatic heterocycles. The van der Waals surface area contributed by atoms with E-state index in [1.165, 1.54) is 0 Å². The lowest BCUT2D eigenvalue weighted by atomic mass is 9.71. The summed E-state index contributed by atoms with van der Waals surface area (Å²) in [5.74, 6) is 1.08. The van der Waals surface area contributed by atoms with Crippen LogP contribution in [0.25, 0.3) is 0 Å². The minimum absolute atomic E-state index is 0.219. The first-order valence-corrected chi connectivity index (χ1v) is 5.24. The predicted molar refractivity (Wildman–Crippen MR) is 53.6 cm³/mol. The molecule has 1 aliphatic rings. The molecular weight excluding hydrogens is 164 g/mol. The van der Waals surface area contributed by atoms with Crippen molar-refractivity contribution in [3.8, 4) is 0 Å². The molecule has 0 spiro atoms. The van der Waals surface area contributed by atoms with Crippen LogP contribution in [0.2, 0.25) is 0 Å². The average Bonchev–Trinajstić information content (AvgIpc) is 2.05. The second-order valence-electron chi connectivity index (χ2n) is 5.10. The van der Waals surface area contributed by atoms with Crippen molar-refractivity contribution >= 4 is 0 Å². The van der Waals surface area contributed by atoms with Gasteiger partial charge in [0.1, 0.15) is 0 Å². The highest BCUT2D eigenvalue weighted by Gasteiger charge is 2.32. The minimum atomic E-state index is 0.219. The fourth-order valence-corrected chi connectivity index (χ4v) is 2.25. The van der Waals surface area contributed by atoms with Crippen LogP contribution in [0.4, 0.5) is 0 Å². The normalized spacial score (nSPS) is 23.1. The molecule has 1 fully saturated rings. The second-order valence-corrected chi connectivity index (χ2v) is 5.10. The van der Waals surface area contributed by atoms with Crippen LogP contribution in [-0.2, 0) is 4.74 Å². The van der Waals surface area contributed by atoms with Crippen molar-refractivity contribution in [1.82, 2.24) is 0 Å². The third-order valence-electron chi connectivity index (χ3n) is 3.14. The Kier molecular flexibility index (Phi) is 3.74. The number of hydrogen-bond acceptors (Lipinski definition) is 2. The van der Waals surface area contributed by atoms with Crippen LogP contribution in [-0.4, -0.2) is 24.9 Å². The van der Waals surface area contributed by atoms with E-state index in [9.17, 15) is 5.11 Å². The van der Waals surface area contributed by atoms with Gasteiger partial charge in [-0.25, -0.2) is 0 Å². The van der Waals surface area contributed by atoms with Gasteiger partial charge >= 0.3 is 0 Å². The maximum absolute atomic E-state index is 9.37. The molecule has 0 bridgehead atoms. The van der Waals surface area contributed by atoms with E-state index in [2.05, 4.69) is 20.8 Å². The Morgan fingerprint density at radius 1 is 1.31 bits per heavy atom. The highest BCUT2D eigenvalue weighted by molar-refractivity contribution is 4.81. The Bertz CT molecular complexity index is 143. The standard InChI is InChI=1S/C11H22O2/c1-11(2,3)10(8-12)9-4-6-13-7-5-9/h9-10,12H,4-8H2,1-3H3. The molecule has 0 saturated carbocycles. The summed E-state index contributed by atoms with van der Waals surface area (Å²) >= 11 is 0. The fourth-order valence-electron chi connectivity index (χ4n) is 2.25. The smallest absolute Gasteiger partial charge is 0.0468 e. The predicted octanol–water partition coefficient (Wildman–Crippen LogP) is 2.07. The lowest BCUT2D eigenvalue weighted by Gasteiger charge is -2.37. The molecule has 0 amide bonds. The Morgan fingerprint density at radius 3 is 2.23 bits per heavy atom. The molecule has 0 radical (unpaired) electrons. The molecule has 2 nitrogen and oxygen atoms in total. The molecule has 0 aromatic heterocycles. The van der Waals surface area contributed by atoms with Crippen molar-refractivity contribution in [3.05, 3.63) is 0 Å². The highest BCUT2D eigenvalue weighted by atomic mass is 16.5. The van der Waals surface area contributed by atoms with Crippen molar-refractivity contribution in [2.75, 3.05) is 19.8 Å². The number of aliphatic hydroxyl groups is 1. The summed E-state index contributed by atoms with van der Waals surface area (Å²) in [6.07, 6.45) is 2.23. The molecule has 1 rings (SSSR count). The van der Waals surface area contributed by atoms with E-state index in [-0.39, 0.29) is 5.41 Å². The fraction of sp³-hybridized carbons (Fsp3) is 1.00. The van der Waals surface area contributed by atoms with Crippen molar-refractivity contribution in [2.24, 2.45) is 17.3 Å². The van der Waals surface area contributed by atoms with E-state index in [1.54, 1.807) is 0 Å². The molecule has 0 aromatic carbocycles. The van der Waals surface area contributed by atoms with E-state index in [1.807, 2.05) is 0 Å². The Labute approximate surface area is 81.3 Å². The third-order valence-corrected chi connectivity index (χ3v) is 3.14. The number of rotatable bonds is 2. The first-order chi connectivity index (χ1) is 6.05. The van der Waals surface area contributed by atoms with Gasteiger partial charge in [-0.2, -0.15) is 0 Å². The largest absolute Gasteiger partial charge is 0.396 e. The SMILES string of the molecule is CC(C)(C)C(CO)C1CCOCC1. The number of hydrogen-bond donors (Lipinski definition) is 1. The van der Waals surface area contributed by atoms with Crippen LogP contribution >= 0.6 is 0 Å². The molecule has 78 valence electrons. The molecule has 0 aliphatic carbocycles. The maximum atomic E-state index is 9.37. The lowest BCUT2D eigenvalue weighted by molar-refractivity contribution is -0.000927. The molecule has 0 aromatic rings. The molecule has 1 N–H and O–H groups in total. The lowest BCUT2D eigenvalue weighted by Crippen LogP contribution is -2.34. The zero-order chi connectivity index (χ0) is 9.90. The summed E-state index contributed by atoms with van der Waals surface area (Å²) in [6, 6.07) is 0. The minimum Gasteiger partial charge on any atom is -0.396 e. The van der Waals surface area contributed by atoms with E-state index in [0.29, 0.717) is 18.4 Å². The van der Waals surface area contributed by atoms with Gasteiger partial charge in [-0.15, -0.1) is 0 Å². The van der Waals surface area contributed by atoms with E-state index in [0.717, 1.165) is 26.1 Å². The van der Waals surface area contributed by atoms with E-state index < -0.39 is 0 Å². The molecule has 1 heterocycles. The summed E-state index contributed by atoms with van der Waals surface area (Å²) in [5, 5.41) is 9.37. The zero-order valence-electron chi connectivity index (χ0n) is 9.05. The van der Waals surface area contributed by atoms with Gasteiger partial charge in [0.25, 0.3) is 0 Å². The van der Waals surface area contributed by atoms with Crippen LogP contribution in [0.15, 0.2) is 0 Å². The van der Waals surface area contributed by atoms with Crippen molar-refractivity contribution in [1.29, 1.82) is 0 Å². The van der Waals surface area contributed by atoms with Gasteiger partial charge in [-0.3, -0.25) is 0 Å². The average molecular weight is 186 g/mol. The Hall–Kier alpha value is -0.0800. The number of ether oxygens (including phenoxy) is 1. The zero-order valence-corrected chi connectivity index (χ0v) is 9.05. The Morgan fingerprint density at radius 2 is 1.85 bits per heavy atom. The second kappa shape index (κ2) is 4.43. The molecule has 2 heteroatoms. The van der Waals surface area contributed by atoms with Crippen LogP contribution in [0.3, 0.4) is 0 Å². The van der Waals surface area contributed by atoms with Gasteiger partial charge in [-0.1, -0.05) is 20.8 Å². The van der Waals surface area contributed by atoms with Crippen LogP contribution in [0.5, 0.6) is 0 Å². The third kappa shape index (κ3) is 2.96. The quantitative estimate of drug-likeness (QED) is 0.715. The summed E-state index contributed by atoms with van der Waals surface area (Å²) in [5.41, 5.74) is 0.219. The van der Waals surface area contributed by atoms with Gasteiger partial charge in [0.05, 0.1) is 0 Å². The monoisotopic (exact) mass is 186 g/mol. The van der Waals surface area contributed by atoms with E-state index in [4.69, 9.17) is 4.74 Å². The van der Waals surface area contributed by atoms with Crippen molar-refractivity contribution in [3.63, 3.8) is 0 Å². The highest BCUT2D eigenvalue weighted by Crippen LogP contribution is 2.36. The van der Waals surface area contributed by atoms with E-state index >= 15 is 0 Å². The van der Waals surface area contributed by atoms with Gasteiger partial charge in [-0.05, 0) is 30.1 Å². The number of aliphatic hydroxyl groups excluding tert-OH is 1. The molecule has 1 atom stereocenters. The topological polar surface area (TPSA) is 29.5 Å². The van der Waals surface area contributed by atoms with Crippen LogP contribution < -0.4 is 0 Å². The van der Waals surface area contributed by atoms with Gasteiger partial charge in [0.15, 0.2) is 0 Å². The molecular formula is C11H22O2. The maximum Gasteiger partial charge on any atom is 0.0468 e. The van der Waals surface area contributed by atoms with Crippen LogP contribution in [0, 0.1) is 17.3 Å². The van der Waals surface area contributed by atoms with Gasteiger partial charge < -0.3 is 9.84 Å². The molecule has 1 unspecified atom stereocenters. The van der Waals surface area contributed by atoms with Crippen molar-refractivity contribution in [2.45, 2.75) is 33.6 Å². The summed E-state index contributed by atoms with van der Waals surface area (Å²) in [4.78, 5) is 0. The summed E-state index contributed by atoms with van der Waals surface area (Å²) in [7, 11) is 0. The first-order valence-electron chi connectivity index (χ1n) is 5.24. The van der Waals surface area contributed by atoms with Gasteiger partial charge in [0.2, 0.25) is 0 Å².